The number of nitrogens with two attached hydrogens (primary N) is 1. The van der Waals surface area contributed by atoms with E-state index in [0.29, 0.717) is 32.4 Å². The van der Waals surface area contributed by atoms with Crippen LogP contribution >= 0.6 is 11.3 Å². The van der Waals surface area contributed by atoms with Crippen LogP contribution in [0.1, 0.15) is 119 Å². The zero-order valence-corrected chi connectivity index (χ0v) is 41.7. The number of carbonyl (C=O) groups excluding carboxylic acids is 5. The molecule has 5 amide bonds. The number of aryl methyl sites for hydroxylation is 3. The molecule has 1 aromatic heterocycles. The Morgan fingerprint density at radius 3 is 2.38 bits per heavy atom. The van der Waals surface area contributed by atoms with Crippen molar-refractivity contribution < 1.29 is 33.8 Å². The molecule has 6 N–H and O–H groups in total. The highest BCUT2D eigenvalue weighted by Gasteiger charge is 2.44. The molecule has 6 atom stereocenters. The summed E-state index contributed by atoms with van der Waals surface area (Å²) in [5.74, 6) is -1.12. The van der Waals surface area contributed by atoms with E-state index in [2.05, 4.69) is 63.4 Å². The van der Waals surface area contributed by atoms with Crippen molar-refractivity contribution in [3.8, 4) is 10.4 Å². The van der Waals surface area contributed by atoms with Crippen LogP contribution in [0.2, 0.25) is 0 Å². The average Bonchev–Trinajstić information content (AvgIpc) is 4.02. The molecule has 0 spiro atoms. The molecule has 0 unspecified atom stereocenters. The van der Waals surface area contributed by atoms with Crippen LogP contribution < -0.4 is 26.6 Å². The van der Waals surface area contributed by atoms with Gasteiger partial charge in [-0.15, -0.1) is 11.3 Å². The number of aliphatic hydroxyl groups excluding tert-OH is 1. The molecule has 0 bridgehead atoms. The lowest BCUT2D eigenvalue weighted by Gasteiger charge is -2.35. The normalized spacial score (nSPS) is 19.2. The fraction of sp³-hybridized carbons (Fsp3) is 0.519. The molecule has 3 aromatic carbocycles. The topological polar surface area (TPSA) is 196 Å². The molecule has 0 aliphatic carbocycles. The fourth-order valence-corrected chi connectivity index (χ4v) is 10.7. The van der Waals surface area contributed by atoms with E-state index >= 15 is 0 Å². The van der Waals surface area contributed by atoms with Crippen LogP contribution in [0, 0.1) is 12.3 Å². The van der Waals surface area contributed by atoms with E-state index in [4.69, 9.17) is 10.5 Å². The summed E-state index contributed by atoms with van der Waals surface area (Å²) in [5.41, 5.74) is 15.5. The predicted octanol–water partition coefficient (Wildman–Crippen LogP) is 6.45. The van der Waals surface area contributed by atoms with Gasteiger partial charge in [-0.3, -0.25) is 24.0 Å². The van der Waals surface area contributed by atoms with E-state index in [0.717, 1.165) is 71.5 Å². The van der Waals surface area contributed by atoms with Gasteiger partial charge in [0.1, 0.15) is 12.1 Å². The number of benzene rings is 3. The maximum absolute atomic E-state index is 14.1. The number of aromatic nitrogens is 1. The van der Waals surface area contributed by atoms with Gasteiger partial charge in [0.05, 0.1) is 46.6 Å². The van der Waals surface area contributed by atoms with E-state index in [9.17, 15) is 29.1 Å². The Morgan fingerprint density at radius 2 is 1.67 bits per heavy atom. The second-order valence-electron chi connectivity index (χ2n) is 20.3. The number of aliphatic hydroxyl groups is 1. The number of β-amino-alcohol motifs (C(OH)–C–C–N with tert-alkyl or cyclic N) is 1. The van der Waals surface area contributed by atoms with Crippen LogP contribution in [0.25, 0.3) is 10.4 Å². The number of carbonyl (C=O) groups is 5. The van der Waals surface area contributed by atoms with E-state index in [1.165, 1.54) is 21.6 Å². The Bertz CT molecular complexity index is 2420. The highest BCUT2D eigenvalue weighted by Crippen LogP contribution is 2.39. The quantitative estimate of drug-likeness (QED) is 0.0550. The van der Waals surface area contributed by atoms with Crippen molar-refractivity contribution in [3.05, 3.63) is 106 Å². The Balaban J connectivity index is 0.827. The third-order valence-electron chi connectivity index (χ3n) is 13.9. The minimum Gasteiger partial charge on any atom is -0.391 e. The van der Waals surface area contributed by atoms with E-state index in [1.807, 2.05) is 69.3 Å². The van der Waals surface area contributed by atoms with Gasteiger partial charge >= 0.3 is 0 Å². The molecule has 15 heteroatoms. The Morgan fingerprint density at radius 1 is 0.942 bits per heavy atom. The Labute approximate surface area is 411 Å². The van der Waals surface area contributed by atoms with Gasteiger partial charge in [0.15, 0.2) is 0 Å². The van der Waals surface area contributed by atoms with Gasteiger partial charge in [0, 0.05) is 51.4 Å². The summed E-state index contributed by atoms with van der Waals surface area (Å²) in [6.45, 7) is 10.9. The number of nitrogens with one attached hydrogen (secondary N) is 3. The van der Waals surface area contributed by atoms with Gasteiger partial charge in [-0.1, -0.05) is 93.9 Å². The minimum atomic E-state index is -0.874. The molecule has 69 heavy (non-hydrogen) atoms. The molecule has 3 aliphatic rings. The summed E-state index contributed by atoms with van der Waals surface area (Å²) in [4.78, 5) is 74.8. The Hall–Kier alpha value is -5.48. The van der Waals surface area contributed by atoms with Crippen molar-refractivity contribution in [1.82, 2.24) is 25.8 Å². The molecule has 0 saturated carbocycles. The summed E-state index contributed by atoms with van der Waals surface area (Å²) in [7, 11) is 0. The van der Waals surface area contributed by atoms with Gasteiger partial charge in [0.2, 0.25) is 29.5 Å². The van der Waals surface area contributed by atoms with Crippen molar-refractivity contribution >= 4 is 46.6 Å². The molecule has 4 aromatic rings. The molecule has 4 heterocycles. The second kappa shape index (κ2) is 23.4. The first-order valence-electron chi connectivity index (χ1n) is 24.7. The van der Waals surface area contributed by atoms with E-state index in [-0.39, 0.29) is 80.1 Å². The van der Waals surface area contributed by atoms with Crippen LogP contribution in [0.5, 0.6) is 0 Å². The zero-order valence-electron chi connectivity index (χ0n) is 40.9. The molecule has 370 valence electrons. The van der Waals surface area contributed by atoms with E-state index in [1.54, 1.807) is 11.3 Å². The molecule has 1 fully saturated rings. The highest BCUT2D eigenvalue weighted by molar-refractivity contribution is 7.13. The number of ether oxygens (including phenoxy) is 1. The Kier molecular flexibility index (Phi) is 17.4. The molecule has 0 radical (unpaired) electrons. The maximum atomic E-state index is 14.1. The maximum Gasteiger partial charge on any atom is 0.246 e. The first kappa shape index (κ1) is 51.4. The van der Waals surface area contributed by atoms with Crippen LogP contribution in [0.15, 0.2) is 72.2 Å². The molecule has 7 rings (SSSR count). The van der Waals surface area contributed by atoms with Crippen molar-refractivity contribution in [2.75, 3.05) is 18.0 Å². The predicted molar refractivity (Wildman–Crippen MR) is 269 cm³/mol. The van der Waals surface area contributed by atoms with Crippen LogP contribution in [0.3, 0.4) is 0 Å². The number of thiazole rings is 1. The molecule has 1 saturated heterocycles. The largest absolute Gasteiger partial charge is 0.391 e. The molecular weight excluding hydrogens is 891 g/mol. The number of nitrogens with zero attached hydrogens (tertiary/aromatic N) is 3. The van der Waals surface area contributed by atoms with Crippen molar-refractivity contribution in [1.29, 1.82) is 0 Å². The average molecular weight is 962 g/mol. The lowest BCUT2D eigenvalue weighted by molar-refractivity contribution is -0.144. The lowest BCUT2D eigenvalue weighted by Crippen LogP contribution is -2.57. The SMILES string of the molecule is Cc1ncsc1-c1ccc(CNC(=O)[C@@H]2C[C@@H](O)CN2C(=O)[C@@H](NC(=O)CCCCCc2ccc(CO[C@H](C)[C@H](CCC(N)=O)NC[C@@H]3Cc4cccc5c4N3C(=O)CCC5)cc2)C(C)(C)C)cc1. The summed E-state index contributed by atoms with van der Waals surface area (Å²) in [6.07, 6.45) is 6.45. The van der Waals surface area contributed by atoms with Gasteiger partial charge in [0.25, 0.3) is 0 Å². The third kappa shape index (κ3) is 13.4. The van der Waals surface area contributed by atoms with Gasteiger partial charge in [-0.25, -0.2) is 4.98 Å². The molecule has 14 nitrogen and oxygen atoms in total. The van der Waals surface area contributed by atoms with Crippen LogP contribution in [-0.4, -0.2) is 94.0 Å². The number of rotatable bonds is 22. The first-order valence-corrected chi connectivity index (χ1v) is 25.6. The summed E-state index contributed by atoms with van der Waals surface area (Å²) in [6, 6.07) is 20.8. The zero-order chi connectivity index (χ0) is 49.2. The van der Waals surface area contributed by atoms with Crippen molar-refractivity contribution in [3.63, 3.8) is 0 Å². The lowest BCUT2D eigenvalue weighted by atomic mass is 9.85. The standard InChI is InChI=1S/C54H71N7O7S/c1-34-50(69-33-58-34)40-23-21-37(22-24-40)29-57-52(66)45-28-43(62)31-60(45)53(67)51(54(3,4)5)59-47(64)15-8-6-7-11-36-17-19-38(20-18-36)32-68-35(2)44(25-26-46(55)63)56-30-42-27-41-14-9-12-39-13-10-16-48(65)61(42)49(39)41/h9,12,14,17-24,33,35,42-45,51,56,62H,6-8,10-11,13,15-16,25-32H2,1-5H3,(H2,55,63)(H,57,66)(H,59,64)/t35-,42+,43-,44+,45+,51-/m1/s1. The monoisotopic (exact) mass is 962 g/mol. The van der Waals surface area contributed by atoms with Gasteiger partial charge in [-0.05, 0) is 97.6 Å². The van der Waals surface area contributed by atoms with Crippen molar-refractivity contribution in [2.45, 2.75) is 161 Å². The summed E-state index contributed by atoms with van der Waals surface area (Å²) < 4.78 is 6.36. The molecule has 3 aliphatic heterocycles. The van der Waals surface area contributed by atoms with E-state index < -0.39 is 23.6 Å². The third-order valence-corrected chi connectivity index (χ3v) is 14.8. The summed E-state index contributed by atoms with van der Waals surface area (Å²) >= 11 is 1.58. The van der Waals surface area contributed by atoms with Crippen LogP contribution in [-0.2, 0) is 61.1 Å². The highest BCUT2D eigenvalue weighted by atomic mass is 32.1. The molecular formula is C54H71N7O7S. The second-order valence-corrected chi connectivity index (χ2v) is 21.1. The number of para-hydroxylation sites is 1. The number of hydrogen-bond acceptors (Lipinski definition) is 10. The number of anilines is 1. The first-order chi connectivity index (χ1) is 33.0. The van der Waals surface area contributed by atoms with Gasteiger partial charge < -0.3 is 41.3 Å². The number of unbranched alkanes of at least 4 members (excludes halogenated alkanes) is 2. The minimum absolute atomic E-state index is 0.00441. The smallest absolute Gasteiger partial charge is 0.246 e. The number of hydrogen-bond donors (Lipinski definition) is 5. The fourth-order valence-electron chi connectivity index (χ4n) is 9.93. The number of likely N-dealkylation sites (tertiary alicyclic amines) is 1. The summed E-state index contributed by atoms with van der Waals surface area (Å²) in [5, 5.41) is 20.2. The number of amides is 5. The van der Waals surface area contributed by atoms with Gasteiger partial charge in [-0.2, -0.15) is 0 Å². The number of primary amides is 1. The van der Waals surface area contributed by atoms with Crippen molar-refractivity contribution in [2.24, 2.45) is 11.1 Å². The van der Waals surface area contributed by atoms with Crippen LogP contribution in [0.4, 0.5) is 5.69 Å².